The van der Waals surface area contributed by atoms with Crippen LogP contribution in [0.4, 0.5) is 17.1 Å². The van der Waals surface area contributed by atoms with E-state index in [4.69, 9.17) is 4.42 Å². The molecule has 0 unspecified atom stereocenters. The molecule has 0 radical (unpaired) electrons. The number of hydrogen-bond acceptors (Lipinski definition) is 3. The van der Waals surface area contributed by atoms with Gasteiger partial charge in [-0.05, 0) is 98.9 Å². The Balaban J connectivity index is 1.06. The zero-order chi connectivity index (χ0) is 38.5. The number of anilines is 3. The Morgan fingerprint density at radius 3 is 2.03 bits per heavy atom. The second kappa shape index (κ2) is 12.5. The molecule has 0 saturated heterocycles. The third-order valence-corrected chi connectivity index (χ3v) is 13.6. The van der Waals surface area contributed by atoms with Crippen LogP contribution in [0.1, 0.15) is 25.0 Å². The molecule has 0 saturated carbocycles. The Morgan fingerprint density at radius 2 is 1.14 bits per heavy atom. The molecule has 2 heterocycles. The van der Waals surface area contributed by atoms with Gasteiger partial charge in [-0.1, -0.05) is 147 Å². The van der Waals surface area contributed by atoms with E-state index >= 15 is 0 Å². The van der Waals surface area contributed by atoms with Gasteiger partial charge in [-0.2, -0.15) is 0 Å². The molecule has 12 rings (SSSR count). The van der Waals surface area contributed by atoms with Gasteiger partial charge < -0.3 is 9.32 Å². The summed E-state index contributed by atoms with van der Waals surface area (Å²) < 4.78 is 9.18. The molecular weight excluding hydrogens is 723 g/mol. The zero-order valence-corrected chi connectivity index (χ0v) is 33.0. The first-order chi connectivity index (χ1) is 28.5. The number of para-hydroxylation sites is 1. The minimum Gasteiger partial charge on any atom is -0.455 e. The van der Waals surface area contributed by atoms with Gasteiger partial charge in [0.1, 0.15) is 11.2 Å². The first-order valence-corrected chi connectivity index (χ1v) is 20.8. The molecule has 3 heteroatoms. The van der Waals surface area contributed by atoms with Gasteiger partial charge in [-0.3, -0.25) is 0 Å². The summed E-state index contributed by atoms with van der Waals surface area (Å²) in [5, 5.41) is 7.18. The normalized spacial score (nSPS) is 13.1. The molecule has 1 aliphatic carbocycles. The van der Waals surface area contributed by atoms with Crippen LogP contribution in [0.5, 0.6) is 0 Å². The zero-order valence-electron chi connectivity index (χ0n) is 32.2. The molecule has 274 valence electrons. The number of nitrogens with zero attached hydrogens (tertiary/aromatic N) is 1. The van der Waals surface area contributed by atoms with Crippen LogP contribution in [0.2, 0.25) is 0 Å². The van der Waals surface area contributed by atoms with E-state index in [0.29, 0.717) is 0 Å². The fourth-order valence-electron chi connectivity index (χ4n) is 9.74. The topological polar surface area (TPSA) is 16.4 Å². The molecule has 2 nitrogen and oxygen atoms in total. The summed E-state index contributed by atoms with van der Waals surface area (Å²) >= 11 is 1.86. The van der Waals surface area contributed by atoms with Crippen molar-refractivity contribution in [1.29, 1.82) is 0 Å². The van der Waals surface area contributed by atoms with Crippen LogP contribution < -0.4 is 4.90 Å². The van der Waals surface area contributed by atoms with Crippen molar-refractivity contribution in [3.63, 3.8) is 0 Å². The van der Waals surface area contributed by atoms with Crippen LogP contribution in [-0.2, 0) is 5.41 Å². The van der Waals surface area contributed by atoms with Gasteiger partial charge in [0.15, 0.2) is 0 Å². The Bertz CT molecular complexity index is 3440. The lowest BCUT2D eigenvalue weighted by Gasteiger charge is -2.29. The number of hydrogen-bond donors (Lipinski definition) is 0. The van der Waals surface area contributed by atoms with Crippen LogP contribution in [-0.4, -0.2) is 0 Å². The minimum absolute atomic E-state index is 0.0896. The first kappa shape index (κ1) is 33.2. The van der Waals surface area contributed by atoms with Crippen molar-refractivity contribution in [3.8, 4) is 33.4 Å². The Morgan fingerprint density at radius 1 is 0.466 bits per heavy atom. The maximum absolute atomic E-state index is 6.58. The largest absolute Gasteiger partial charge is 0.455 e. The monoisotopic (exact) mass is 759 g/mol. The summed E-state index contributed by atoms with van der Waals surface area (Å²) in [5.74, 6) is 0. The lowest BCUT2D eigenvalue weighted by Crippen LogP contribution is -2.14. The fourth-order valence-corrected chi connectivity index (χ4v) is 10.8. The van der Waals surface area contributed by atoms with Gasteiger partial charge in [-0.15, -0.1) is 11.3 Å². The molecule has 0 aliphatic heterocycles. The number of benzene rings is 9. The van der Waals surface area contributed by atoms with Crippen molar-refractivity contribution in [3.05, 3.63) is 199 Å². The van der Waals surface area contributed by atoms with Crippen molar-refractivity contribution in [2.75, 3.05) is 4.90 Å². The number of furan rings is 1. The van der Waals surface area contributed by atoms with E-state index in [0.717, 1.165) is 55.5 Å². The van der Waals surface area contributed by atoms with Crippen LogP contribution in [0, 0.1) is 0 Å². The standard InChI is InChI=1S/C55H37NOS/c1-55(2)46-20-8-5-17-43(46)52-42(19-11-21-47(52)55)40-15-6-9-22-48(40)56(37-30-32-51-45(33-37)41-16-7-10-24-50(41)58-51)36-28-25-35(26-29-36)38-18-12-23-49-53(38)44-31-27-34-13-3-4-14-39(34)54(44)57-49/h3-33H,1-2H3. The average molecular weight is 760 g/mol. The molecule has 0 fully saturated rings. The highest BCUT2D eigenvalue weighted by Gasteiger charge is 2.37. The molecule has 11 aromatic rings. The smallest absolute Gasteiger partial charge is 0.143 e. The second-order valence-electron chi connectivity index (χ2n) is 16.0. The molecule has 0 spiro atoms. The quantitative estimate of drug-likeness (QED) is 0.174. The van der Waals surface area contributed by atoms with Crippen molar-refractivity contribution in [2.24, 2.45) is 0 Å². The van der Waals surface area contributed by atoms with Crippen LogP contribution in [0.3, 0.4) is 0 Å². The minimum atomic E-state index is -0.0896. The van der Waals surface area contributed by atoms with E-state index in [2.05, 4.69) is 207 Å². The van der Waals surface area contributed by atoms with Crippen molar-refractivity contribution >= 4 is 81.3 Å². The molecule has 1 aliphatic rings. The Kier molecular flexibility index (Phi) is 7.18. The van der Waals surface area contributed by atoms with Gasteiger partial charge in [-0.25, -0.2) is 0 Å². The Hall–Kier alpha value is -6.94. The highest BCUT2D eigenvalue weighted by Crippen LogP contribution is 2.54. The molecule has 2 aromatic heterocycles. The summed E-state index contributed by atoms with van der Waals surface area (Å²) in [7, 11) is 0. The lowest BCUT2D eigenvalue weighted by atomic mass is 9.82. The molecule has 0 N–H and O–H groups in total. The molecular formula is C55H37NOS. The first-order valence-electron chi connectivity index (χ1n) is 20.0. The number of rotatable bonds is 5. The molecule has 58 heavy (non-hydrogen) atoms. The van der Waals surface area contributed by atoms with Gasteiger partial charge in [0.05, 0.1) is 5.69 Å². The highest BCUT2D eigenvalue weighted by atomic mass is 32.1. The van der Waals surface area contributed by atoms with E-state index in [1.807, 2.05) is 11.3 Å². The summed E-state index contributed by atoms with van der Waals surface area (Å²) in [6.07, 6.45) is 0. The van der Waals surface area contributed by atoms with Gasteiger partial charge in [0.25, 0.3) is 0 Å². The third-order valence-electron chi connectivity index (χ3n) is 12.5. The maximum Gasteiger partial charge on any atom is 0.143 e. The summed E-state index contributed by atoms with van der Waals surface area (Å²) in [4.78, 5) is 2.45. The predicted molar refractivity (Wildman–Crippen MR) is 247 cm³/mol. The molecule has 9 aromatic carbocycles. The SMILES string of the molecule is CC1(C)c2ccccc2-c2c(-c3ccccc3N(c3ccc(-c4cccc5oc6c7ccccc7ccc6c45)cc3)c3ccc4sc5ccccc5c4c3)cccc21. The summed E-state index contributed by atoms with van der Waals surface area (Å²) in [6.45, 7) is 4.72. The molecule has 0 amide bonds. The fraction of sp³-hybridized carbons (Fsp3) is 0.0545. The predicted octanol–water partition coefficient (Wildman–Crippen LogP) is 16.2. The van der Waals surface area contributed by atoms with E-state index in [-0.39, 0.29) is 5.41 Å². The van der Waals surface area contributed by atoms with E-state index < -0.39 is 0 Å². The average Bonchev–Trinajstić information content (AvgIpc) is 3.92. The highest BCUT2D eigenvalue weighted by molar-refractivity contribution is 7.25. The summed E-state index contributed by atoms with van der Waals surface area (Å²) in [6, 6.07) is 68.9. The van der Waals surface area contributed by atoms with E-state index in [9.17, 15) is 0 Å². The van der Waals surface area contributed by atoms with Crippen LogP contribution in [0.25, 0.3) is 86.3 Å². The van der Waals surface area contributed by atoms with Crippen LogP contribution in [0.15, 0.2) is 192 Å². The van der Waals surface area contributed by atoms with Gasteiger partial charge in [0.2, 0.25) is 0 Å². The molecule has 0 atom stereocenters. The lowest BCUT2D eigenvalue weighted by molar-refractivity contribution is 0.660. The maximum atomic E-state index is 6.58. The van der Waals surface area contributed by atoms with E-state index in [1.54, 1.807) is 0 Å². The number of fused-ring (bicyclic) bond motifs is 11. The molecule has 0 bridgehead atoms. The Labute approximate surface area is 340 Å². The number of thiophene rings is 1. The van der Waals surface area contributed by atoms with Gasteiger partial charge >= 0.3 is 0 Å². The third kappa shape index (κ3) is 4.84. The van der Waals surface area contributed by atoms with Crippen molar-refractivity contribution in [1.82, 2.24) is 0 Å². The summed E-state index contributed by atoms with van der Waals surface area (Å²) in [5.41, 5.74) is 15.3. The van der Waals surface area contributed by atoms with Crippen LogP contribution >= 0.6 is 11.3 Å². The second-order valence-corrected chi connectivity index (χ2v) is 17.1. The van der Waals surface area contributed by atoms with Gasteiger partial charge in [0, 0.05) is 58.7 Å². The van der Waals surface area contributed by atoms with Crippen molar-refractivity contribution < 1.29 is 4.42 Å². The van der Waals surface area contributed by atoms with E-state index in [1.165, 1.54) is 58.9 Å². The van der Waals surface area contributed by atoms with Crippen molar-refractivity contribution in [2.45, 2.75) is 19.3 Å².